The van der Waals surface area contributed by atoms with Crippen LogP contribution in [0, 0.1) is 0 Å². The average molecular weight is 319 g/mol. The van der Waals surface area contributed by atoms with E-state index >= 15 is 0 Å². The summed E-state index contributed by atoms with van der Waals surface area (Å²) < 4.78 is 26.0. The summed E-state index contributed by atoms with van der Waals surface area (Å²) in [4.78, 5) is 1.35. The third-order valence-corrected chi connectivity index (χ3v) is 4.55. The molecule has 0 amide bonds. The van der Waals surface area contributed by atoms with E-state index in [1.54, 1.807) is 36.4 Å². The fourth-order valence-corrected chi connectivity index (χ4v) is 3.31. The first-order valence-electron chi connectivity index (χ1n) is 5.52. The second kappa shape index (κ2) is 6.60. The zero-order valence-electron chi connectivity index (χ0n) is 9.80. The molecule has 19 heavy (non-hydrogen) atoms. The van der Waals surface area contributed by atoms with Gasteiger partial charge in [-0.05, 0) is 24.3 Å². The van der Waals surface area contributed by atoms with Crippen LogP contribution in [0.4, 0.5) is 8.78 Å². The predicted molar refractivity (Wildman–Crippen MR) is 76.7 cm³/mol. The Bertz CT molecular complexity index is 536. The SMILES string of the molecule is FCc1c(Cl)cccc1Sc1cccc(Cl)c1CF. The van der Waals surface area contributed by atoms with E-state index in [1.807, 2.05) is 0 Å². The number of hydrogen-bond donors (Lipinski definition) is 0. The second-order valence-electron chi connectivity index (χ2n) is 3.80. The summed E-state index contributed by atoms with van der Waals surface area (Å²) in [6.45, 7) is -1.32. The van der Waals surface area contributed by atoms with Gasteiger partial charge in [-0.2, -0.15) is 0 Å². The molecule has 0 radical (unpaired) electrons. The number of alkyl halides is 2. The maximum absolute atomic E-state index is 13.0. The van der Waals surface area contributed by atoms with Crippen LogP contribution in [0.15, 0.2) is 46.2 Å². The van der Waals surface area contributed by atoms with Crippen LogP contribution in [0.25, 0.3) is 0 Å². The van der Waals surface area contributed by atoms with Crippen molar-refractivity contribution in [3.05, 3.63) is 57.6 Å². The highest BCUT2D eigenvalue weighted by molar-refractivity contribution is 7.99. The van der Waals surface area contributed by atoms with Crippen LogP contribution in [-0.2, 0) is 13.3 Å². The summed E-state index contributed by atoms with van der Waals surface area (Å²) in [5.41, 5.74) is 0.831. The minimum absolute atomic E-state index is 0.372. The predicted octanol–water partition coefficient (Wildman–Crippen LogP) is 6.08. The molecule has 0 N–H and O–H groups in total. The quantitative estimate of drug-likeness (QED) is 0.658. The molecule has 0 aromatic heterocycles. The van der Waals surface area contributed by atoms with Gasteiger partial charge in [0.15, 0.2) is 0 Å². The van der Waals surface area contributed by atoms with Crippen molar-refractivity contribution in [2.24, 2.45) is 0 Å². The molecule has 0 bridgehead atoms. The lowest BCUT2D eigenvalue weighted by Crippen LogP contribution is -1.89. The average Bonchev–Trinajstić information content (AvgIpc) is 2.39. The Morgan fingerprint density at radius 1 is 0.789 bits per heavy atom. The summed E-state index contributed by atoms with van der Waals surface area (Å²) in [5.74, 6) is 0. The second-order valence-corrected chi connectivity index (χ2v) is 5.70. The molecule has 0 aliphatic rings. The van der Waals surface area contributed by atoms with Crippen molar-refractivity contribution >= 4 is 35.0 Å². The van der Waals surface area contributed by atoms with E-state index < -0.39 is 13.3 Å². The van der Waals surface area contributed by atoms with E-state index in [4.69, 9.17) is 23.2 Å². The first-order valence-corrected chi connectivity index (χ1v) is 7.09. The smallest absolute Gasteiger partial charge is 0.117 e. The van der Waals surface area contributed by atoms with Crippen molar-refractivity contribution in [2.45, 2.75) is 23.1 Å². The van der Waals surface area contributed by atoms with Crippen LogP contribution in [0.2, 0.25) is 10.0 Å². The highest BCUT2D eigenvalue weighted by Gasteiger charge is 2.12. The third kappa shape index (κ3) is 3.22. The van der Waals surface area contributed by atoms with Crippen LogP contribution < -0.4 is 0 Å². The van der Waals surface area contributed by atoms with Gasteiger partial charge in [0.05, 0.1) is 0 Å². The van der Waals surface area contributed by atoms with Crippen LogP contribution in [0.5, 0.6) is 0 Å². The first-order chi connectivity index (χ1) is 9.17. The van der Waals surface area contributed by atoms with Crippen LogP contribution in [0.3, 0.4) is 0 Å². The highest BCUT2D eigenvalue weighted by Crippen LogP contribution is 2.38. The van der Waals surface area contributed by atoms with Crippen LogP contribution in [-0.4, -0.2) is 0 Å². The summed E-state index contributed by atoms with van der Waals surface area (Å²) in [5, 5.41) is 0.743. The Morgan fingerprint density at radius 2 is 1.21 bits per heavy atom. The molecule has 2 aromatic rings. The van der Waals surface area contributed by atoms with Crippen LogP contribution in [0.1, 0.15) is 11.1 Å². The molecule has 0 saturated heterocycles. The van der Waals surface area contributed by atoms with Gasteiger partial charge in [-0.1, -0.05) is 47.1 Å². The minimum atomic E-state index is -0.659. The summed E-state index contributed by atoms with van der Waals surface area (Å²) in [6, 6.07) is 10.3. The Labute approximate surface area is 124 Å². The fraction of sp³-hybridized carbons (Fsp3) is 0.143. The number of halogens is 4. The molecule has 0 aliphatic heterocycles. The van der Waals surface area contributed by atoms with E-state index in [-0.39, 0.29) is 0 Å². The largest absolute Gasteiger partial charge is 0.246 e. The third-order valence-electron chi connectivity index (χ3n) is 2.64. The lowest BCUT2D eigenvalue weighted by atomic mass is 10.2. The topological polar surface area (TPSA) is 0 Å². The summed E-state index contributed by atoms with van der Waals surface area (Å²) in [6.07, 6.45) is 0. The lowest BCUT2D eigenvalue weighted by Gasteiger charge is -2.11. The number of hydrogen-bond acceptors (Lipinski definition) is 1. The van der Waals surface area contributed by atoms with Crippen molar-refractivity contribution in [2.75, 3.05) is 0 Å². The highest BCUT2D eigenvalue weighted by atomic mass is 35.5. The van der Waals surface area contributed by atoms with Crippen molar-refractivity contribution in [1.82, 2.24) is 0 Å². The lowest BCUT2D eigenvalue weighted by molar-refractivity contribution is 0.479. The van der Waals surface area contributed by atoms with Gasteiger partial charge in [0, 0.05) is 31.0 Å². The molecule has 5 heteroatoms. The molecule has 100 valence electrons. The molecule has 0 unspecified atom stereocenters. The van der Waals surface area contributed by atoms with Crippen molar-refractivity contribution < 1.29 is 8.78 Å². The Hall–Kier alpha value is -0.770. The van der Waals surface area contributed by atoms with Crippen molar-refractivity contribution in [3.63, 3.8) is 0 Å². The molecule has 2 aromatic carbocycles. The standard InChI is InChI=1S/C14H10Cl2F2S/c15-11-3-1-5-13(9(11)7-17)19-14-6-2-4-12(16)10(14)8-18/h1-6H,7-8H2. The van der Waals surface area contributed by atoms with Gasteiger partial charge in [0.2, 0.25) is 0 Å². The molecule has 0 nitrogen and oxygen atoms in total. The molecule has 0 heterocycles. The molecule has 0 saturated carbocycles. The van der Waals surface area contributed by atoms with Gasteiger partial charge in [-0.15, -0.1) is 0 Å². The van der Waals surface area contributed by atoms with E-state index in [1.165, 1.54) is 11.8 Å². The summed E-state index contributed by atoms with van der Waals surface area (Å²) in [7, 11) is 0. The van der Waals surface area contributed by atoms with Gasteiger partial charge >= 0.3 is 0 Å². The molecule has 0 fully saturated rings. The Kier molecular flexibility index (Phi) is 5.08. The van der Waals surface area contributed by atoms with Crippen molar-refractivity contribution in [3.8, 4) is 0 Å². The van der Waals surface area contributed by atoms with Crippen molar-refractivity contribution in [1.29, 1.82) is 0 Å². The molecular weight excluding hydrogens is 309 g/mol. The number of rotatable bonds is 4. The molecule has 2 rings (SSSR count). The van der Waals surface area contributed by atoms with E-state index in [0.717, 1.165) is 0 Å². The first kappa shape index (κ1) is 14.6. The molecule has 0 atom stereocenters. The molecule has 0 aliphatic carbocycles. The van der Waals surface area contributed by atoms with Gasteiger partial charge in [-0.25, -0.2) is 8.78 Å². The fourth-order valence-electron chi connectivity index (χ4n) is 1.65. The zero-order valence-corrected chi connectivity index (χ0v) is 12.1. The van der Waals surface area contributed by atoms with E-state index in [0.29, 0.717) is 31.0 Å². The normalized spacial score (nSPS) is 10.7. The Balaban J connectivity index is 2.42. The van der Waals surface area contributed by atoms with Gasteiger partial charge in [0.1, 0.15) is 13.3 Å². The van der Waals surface area contributed by atoms with Gasteiger partial charge < -0.3 is 0 Å². The molecular formula is C14H10Cl2F2S. The maximum atomic E-state index is 13.0. The van der Waals surface area contributed by atoms with Gasteiger partial charge in [-0.3, -0.25) is 0 Å². The maximum Gasteiger partial charge on any atom is 0.117 e. The summed E-state index contributed by atoms with van der Waals surface area (Å²) >= 11 is 13.2. The monoisotopic (exact) mass is 318 g/mol. The molecule has 0 spiro atoms. The van der Waals surface area contributed by atoms with E-state index in [2.05, 4.69) is 0 Å². The number of benzene rings is 2. The van der Waals surface area contributed by atoms with E-state index in [9.17, 15) is 8.78 Å². The van der Waals surface area contributed by atoms with Gasteiger partial charge in [0.25, 0.3) is 0 Å². The zero-order chi connectivity index (χ0) is 13.8. The van der Waals surface area contributed by atoms with Crippen LogP contribution >= 0.6 is 35.0 Å². The minimum Gasteiger partial charge on any atom is -0.246 e. The Morgan fingerprint density at radius 3 is 1.58 bits per heavy atom.